The van der Waals surface area contributed by atoms with Gasteiger partial charge in [0, 0.05) is 6.04 Å². The van der Waals surface area contributed by atoms with Crippen molar-refractivity contribution in [3.63, 3.8) is 0 Å². The molecule has 2 aromatic rings. The van der Waals surface area contributed by atoms with Gasteiger partial charge in [-0.2, -0.15) is 0 Å². The van der Waals surface area contributed by atoms with Crippen LogP contribution in [0, 0.1) is 6.92 Å². The van der Waals surface area contributed by atoms with Gasteiger partial charge in [0.2, 0.25) is 0 Å². The van der Waals surface area contributed by atoms with Crippen LogP contribution in [-0.4, -0.2) is 24.1 Å². The van der Waals surface area contributed by atoms with E-state index in [2.05, 4.69) is 22.5 Å². The van der Waals surface area contributed by atoms with E-state index in [0.717, 1.165) is 46.3 Å². The summed E-state index contributed by atoms with van der Waals surface area (Å²) < 4.78 is 1.09. The number of rotatable bonds is 2. The zero-order valence-corrected chi connectivity index (χ0v) is 11.9. The molecule has 96 valence electrons. The number of anilines is 1. The lowest BCUT2D eigenvalue weighted by Crippen LogP contribution is -2.35. The second-order valence-corrected chi connectivity index (χ2v) is 6.14. The monoisotopic (exact) mass is 281 g/mol. The summed E-state index contributed by atoms with van der Waals surface area (Å²) in [5.41, 5.74) is 2.22. The summed E-state index contributed by atoms with van der Waals surface area (Å²) in [6.07, 6.45) is 2.31. The van der Waals surface area contributed by atoms with Crippen molar-refractivity contribution in [2.24, 2.45) is 0 Å². The van der Waals surface area contributed by atoms with Gasteiger partial charge in [0.05, 0.1) is 15.2 Å². The lowest BCUT2D eigenvalue weighted by Gasteiger charge is -2.23. The van der Waals surface area contributed by atoms with E-state index in [0.29, 0.717) is 6.04 Å². The van der Waals surface area contributed by atoms with Gasteiger partial charge < -0.3 is 10.6 Å². The number of nitrogens with one attached hydrogen (secondary N) is 2. The molecule has 3 nitrogen and oxygen atoms in total. The van der Waals surface area contributed by atoms with Crippen molar-refractivity contribution in [2.75, 3.05) is 18.4 Å². The smallest absolute Gasteiger partial charge is 0.184 e. The summed E-state index contributed by atoms with van der Waals surface area (Å²) >= 11 is 7.87. The van der Waals surface area contributed by atoms with Crippen molar-refractivity contribution in [3.05, 3.63) is 22.7 Å². The van der Waals surface area contributed by atoms with Crippen molar-refractivity contribution in [3.8, 4) is 0 Å². The molecule has 0 atom stereocenters. The number of fused-ring (bicyclic) bond motifs is 1. The molecular weight excluding hydrogens is 266 g/mol. The molecule has 1 aliphatic rings. The zero-order valence-electron chi connectivity index (χ0n) is 10.3. The Morgan fingerprint density at radius 1 is 1.39 bits per heavy atom. The Bertz CT molecular complexity index is 522. The third-order valence-electron chi connectivity index (χ3n) is 3.36. The van der Waals surface area contributed by atoms with E-state index in [1.807, 2.05) is 12.1 Å². The van der Waals surface area contributed by atoms with Crippen LogP contribution in [0.1, 0.15) is 18.4 Å². The molecule has 18 heavy (non-hydrogen) atoms. The molecule has 0 amide bonds. The summed E-state index contributed by atoms with van der Waals surface area (Å²) in [7, 11) is 0. The average molecular weight is 282 g/mol. The lowest BCUT2D eigenvalue weighted by molar-refractivity contribution is 0.479. The molecule has 1 aromatic carbocycles. The highest BCUT2D eigenvalue weighted by molar-refractivity contribution is 7.22. The van der Waals surface area contributed by atoms with E-state index >= 15 is 0 Å². The number of benzene rings is 1. The van der Waals surface area contributed by atoms with Crippen LogP contribution in [0.25, 0.3) is 10.2 Å². The summed E-state index contributed by atoms with van der Waals surface area (Å²) in [4.78, 5) is 4.67. The molecule has 3 rings (SSSR count). The number of thiazole rings is 1. The number of halogens is 1. The number of nitrogens with zero attached hydrogens (tertiary/aromatic N) is 1. The molecule has 1 saturated heterocycles. The van der Waals surface area contributed by atoms with Crippen molar-refractivity contribution >= 4 is 38.3 Å². The SMILES string of the molecule is Cc1ccc(Cl)c2sc(NC3CCNCC3)nc12. The van der Waals surface area contributed by atoms with Crippen molar-refractivity contribution in [2.45, 2.75) is 25.8 Å². The van der Waals surface area contributed by atoms with E-state index in [4.69, 9.17) is 11.6 Å². The molecule has 1 fully saturated rings. The highest BCUT2D eigenvalue weighted by Gasteiger charge is 2.15. The molecule has 2 N–H and O–H groups in total. The molecule has 0 spiro atoms. The number of aromatic nitrogens is 1. The first kappa shape index (κ1) is 12.2. The number of aryl methyl sites for hydroxylation is 1. The van der Waals surface area contributed by atoms with E-state index in [1.165, 1.54) is 5.56 Å². The Kier molecular flexibility index (Phi) is 3.41. The third kappa shape index (κ3) is 2.32. The van der Waals surface area contributed by atoms with Crippen LogP contribution in [0.4, 0.5) is 5.13 Å². The second kappa shape index (κ2) is 5.03. The Balaban J connectivity index is 1.88. The maximum Gasteiger partial charge on any atom is 0.184 e. The van der Waals surface area contributed by atoms with Crippen molar-refractivity contribution in [1.29, 1.82) is 0 Å². The molecule has 0 radical (unpaired) electrons. The minimum absolute atomic E-state index is 0.533. The van der Waals surface area contributed by atoms with Gasteiger partial charge in [0.15, 0.2) is 5.13 Å². The molecule has 0 bridgehead atoms. The van der Waals surface area contributed by atoms with E-state index < -0.39 is 0 Å². The maximum atomic E-state index is 6.22. The standard InChI is InChI=1S/C13H16ClN3S/c1-8-2-3-10(14)12-11(8)17-13(18-12)16-9-4-6-15-7-5-9/h2-3,9,15H,4-7H2,1H3,(H,16,17). The van der Waals surface area contributed by atoms with E-state index in [9.17, 15) is 0 Å². The highest BCUT2D eigenvalue weighted by Crippen LogP contribution is 2.34. The Hall–Kier alpha value is -0.840. The van der Waals surface area contributed by atoms with Crippen LogP contribution in [0.3, 0.4) is 0 Å². The topological polar surface area (TPSA) is 37.0 Å². The average Bonchev–Trinajstić information content (AvgIpc) is 2.80. The van der Waals surface area contributed by atoms with Gasteiger partial charge in [-0.3, -0.25) is 0 Å². The number of hydrogen-bond donors (Lipinski definition) is 2. The van der Waals surface area contributed by atoms with Crippen LogP contribution < -0.4 is 10.6 Å². The maximum absolute atomic E-state index is 6.22. The number of hydrogen-bond acceptors (Lipinski definition) is 4. The molecule has 0 unspecified atom stereocenters. The molecule has 0 saturated carbocycles. The summed E-state index contributed by atoms with van der Waals surface area (Å²) in [6, 6.07) is 4.51. The molecule has 1 aliphatic heterocycles. The Morgan fingerprint density at radius 2 is 2.17 bits per heavy atom. The Labute approximate surface area is 116 Å². The minimum atomic E-state index is 0.533. The molecule has 2 heterocycles. The van der Waals surface area contributed by atoms with Gasteiger partial charge in [-0.05, 0) is 44.5 Å². The summed E-state index contributed by atoms with van der Waals surface area (Å²) in [5.74, 6) is 0. The fraction of sp³-hybridized carbons (Fsp3) is 0.462. The van der Waals surface area contributed by atoms with E-state index in [1.54, 1.807) is 11.3 Å². The van der Waals surface area contributed by atoms with Crippen LogP contribution in [0.5, 0.6) is 0 Å². The third-order valence-corrected chi connectivity index (χ3v) is 4.81. The fourth-order valence-electron chi connectivity index (χ4n) is 2.30. The molecule has 5 heteroatoms. The quantitative estimate of drug-likeness (QED) is 0.886. The first-order valence-electron chi connectivity index (χ1n) is 6.27. The minimum Gasteiger partial charge on any atom is -0.359 e. The summed E-state index contributed by atoms with van der Waals surface area (Å²) in [5, 5.41) is 8.69. The van der Waals surface area contributed by atoms with Gasteiger partial charge in [0.1, 0.15) is 0 Å². The molecular formula is C13H16ClN3S. The first-order valence-corrected chi connectivity index (χ1v) is 7.46. The fourth-order valence-corrected chi connectivity index (χ4v) is 3.60. The van der Waals surface area contributed by atoms with Crippen LogP contribution in [0.2, 0.25) is 5.02 Å². The van der Waals surface area contributed by atoms with Crippen LogP contribution in [0.15, 0.2) is 12.1 Å². The predicted molar refractivity (Wildman–Crippen MR) is 78.9 cm³/mol. The van der Waals surface area contributed by atoms with Crippen molar-refractivity contribution < 1.29 is 0 Å². The van der Waals surface area contributed by atoms with Crippen LogP contribution >= 0.6 is 22.9 Å². The zero-order chi connectivity index (χ0) is 12.5. The van der Waals surface area contributed by atoms with E-state index in [-0.39, 0.29) is 0 Å². The van der Waals surface area contributed by atoms with Gasteiger partial charge >= 0.3 is 0 Å². The number of piperidine rings is 1. The Morgan fingerprint density at radius 3 is 2.89 bits per heavy atom. The molecule has 1 aromatic heterocycles. The van der Waals surface area contributed by atoms with Crippen molar-refractivity contribution in [1.82, 2.24) is 10.3 Å². The van der Waals surface area contributed by atoms with Crippen LogP contribution in [-0.2, 0) is 0 Å². The van der Waals surface area contributed by atoms with Gasteiger partial charge in [0.25, 0.3) is 0 Å². The predicted octanol–water partition coefficient (Wildman–Crippen LogP) is 3.42. The second-order valence-electron chi connectivity index (χ2n) is 4.73. The largest absolute Gasteiger partial charge is 0.359 e. The summed E-state index contributed by atoms with van der Waals surface area (Å²) in [6.45, 7) is 4.25. The normalized spacial score (nSPS) is 17.2. The van der Waals surface area contributed by atoms with Gasteiger partial charge in [-0.25, -0.2) is 4.98 Å². The molecule has 0 aliphatic carbocycles. The van der Waals surface area contributed by atoms with Gasteiger partial charge in [-0.1, -0.05) is 29.0 Å². The van der Waals surface area contributed by atoms with Gasteiger partial charge in [-0.15, -0.1) is 0 Å². The highest BCUT2D eigenvalue weighted by atomic mass is 35.5. The first-order chi connectivity index (χ1) is 8.74. The lowest BCUT2D eigenvalue weighted by atomic mass is 10.1.